The van der Waals surface area contributed by atoms with E-state index in [0.717, 1.165) is 37.2 Å². The van der Waals surface area contributed by atoms with Crippen LogP contribution in [0.4, 0.5) is 0 Å². The Bertz CT molecular complexity index is 626. The lowest BCUT2D eigenvalue weighted by Crippen LogP contribution is -2.39. The molecule has 6 heteroatoms. The van der Waals surface area contributed by atoms with Gasteiger partial charge in [-0.2, -0.15) is 4.98 Å². The maximum atomic E-state index is 12.4. The highest BCUT2D eigenvalue weighted by Crippen LogP contribution is 2.25. The average Bonchev–Trinajstić information content (AvgIpc) is 3.00. The lowest BCUT2D eigenvalue weighted by atomic mass is 9.97. The van der Waals surface area contributed by atoms with Crippen LogP contribution < -0.4 is 0 Å². The molecule has 1 amide bonds. The molecule has 1 saturated heterocycles. The number of piperidine rings is 1. The van der Waals surface area contributed by atoms with Crippen molar-refractivity contribution >= 4 is 5.91 Å². The van der Waals surface area contributed by atoms with Gasteiger partial charge in [0.2, 0.25) is 11.8 Å². The van der Waals surface area contributed by atoms with Crippen LogP contribution >= 0.6 is 0 Å². The molecule has 0 radical (unpaired) electrons. The third-order valence-corrected chi connectivity index (χ3v) is 4.03. The van der Waals surface area contributed by atoms with Crippen molar-refractivity contribution in [2.24, 2.45) is 0 Å². The Kier molecular flexibility index (Phi) is 4.46. The van der Waals surface area contributed by atoms with Crippen LogP contribution in [0.15, 0.2) is 29.0 Å². The fraction of sp³-hybridized carbons (Fsp3) is 0.500. The molecule has 0 aromatic carbocycles. The van der Waals surface area contributed by atoms with Crippen molar-refractivity contribution in [3.8, 4) is 0 Å². The van der Waals surface area contributed by atoms with E-state index in [2.05, 4.69) is 15.1 Å². The molecule has 3 heterocycles. The van der Waals surface area contributed by atoms with Crippen LogP contribution in [0.5, 0.6) is 0 Å². The highest BCUT2D eigenvalue weighted by atomic mass is 16.5. The maximum absolute atomic E-state index is 12.4. The Balaban J connectivity index is 1.56. The lowest BCUT2D eigenvalue weighted by Gasteiger charge is -2.31. The van der Waals surface area contributed by atoms with E-state index in [9.17, 15) is 4.79 Å². The molecule has 1 atom stereocenters. The Morgan fingerprint density at radius 2 is 2.41 bits per heavy atom. The molecule has 0 saturated carbocycles. The summed E-state index contributed by atoms with van der Waals surface area (Å²) in [5, 5.41) is 3.99. The summed E-state index contributed by atoms with van der Waals surface area (Å²) in [6.45, 7) is 3.29. The van der Waals surface area contributed by atoms with Crippen molar-refractivity contribution < 1.29 is 9.32 Å². The highest BCUT2D eigenvalue weighted by molar-refractivity contribution is 5.76. The number of aryl methyl sites for hydroxylation is 2. The van der Waals surface area contributed by atoms with E-state index in [4.69, 9.17) is 4.52 Å². The zero-order chi connectivity index (χ0) is 15.4. The van der Waals surface area contributed by atoms with Crippen LogP contribution in [0.2, 0.25) is 0 Å². The number of pyridine rings is 1. The number of hydrogen-bond acceptors (Lipinski definition) is 5. The van der Waals surface area contributed by atoms with Gasteiger partial charge in [-0.3, -0.25) is 9.78 Å². The molecule has 1 aliphatic rings. The largest absolute Gasteiger partial charge is 0.342 e. The molecule has 2 aromatic rings. The van der Waals surface area contributed by atoms with Crippen molar-refractivity contribution in [1.29, 1.82) is 0 Å². The number of amides is 1. The Morgan fingerprint density at radius 1 is 1.50 bits per heavy atom. The summed E-state index contributed by atoms with van der Waals surface area (Å²) >= 11 is 0. The van der Waals surface area contributed by atoms with Gasteiger partial charge < -0.3 is 9.42 Å². The Labute approximate surface area is 129 Å². The van der Waals surface area contributed by atoms with Gasteiger partial charge in [0.25, 0.3) is 0 Å². The van der Waals surface area contributed by atoms with Crippen molar-refractivity contribution in [2.75, 3.05) is 13.1 Å². The summed E-state index contributed by atoms with van der Waals surface area (Å²) in [7, 11) is 0. The van der Waals surface area contributed by atoms with E-state index in [0.29, 0.717) is 18.9 Å². The minimum absolute atomic E-state index is 0.188. The summed E-state index contributed by atoms with van der Waals surface area (Å²) in [4.78, 5) is 22.7. The molecule has 0 aliphatic carbocycles. The first-order valence-electron chi connectivity index (χ1n) is 7.69. The van der Waals surface area contributed by atoms with E-state index < -0.39 is 0 Å². The summed E-state index contributed by atoms with van der Waals surface area (Å²) in [6, 6.07) is 3.90. The molecule has 3 rings (SSSR count). The van der Waals surface area contributed by atoms with Gasteiger partial charge in [0, 0.05) is 44.7 Å². The van der Waals surface area contributed by atoms with Crippen molar-refractivity contribution in [3.63, 3.8) is 0 Å². The lowest BCUT2D eigenvalue weighted by molar-refractivity contribution is -0.132. The van der Waals surface area contributed by atoms with E-state index in [1.165, 1.54) is 0 Å². The minimum atomic E-state index is 0.188. The Hall–Kier alpha value is -2.24. The second kappa shape index (κ2) is 6.68. The molecule has 1 aliphatic heterocycles. The van der Waals surface area contributed by atoms with E-state index >= 15 is 0 Å². The quantitative estimate of drug-likeness (QED) is 0.864. The van der Waals surface area contributed by atoms with Crippen LogP contribution in [-0.2, 0) is 11.2 Å². The number of carbonyl (C=O) groups excluding carboxylic acids is 1. The summed E-state index contributed by atoms with van der Waals surface area (Å²) < 4.78 is 5.05. The molecule has 2 aromatic heterocycles. The maximum Gasteiger partial charge on any atom is 0.223 e. The molecule has 0 bridgehead atoms. The summed E-state index contributed by atoms with van der Waals surface area (Å²) in [5.41, 5.74) is 1.10. The number of likely N-dealkylation sites (tertiary alicyclic amines) is 1. The van der Waals surface area contributed by atoms with Gasteiger partial charge in [-0.15, -0.1) is 0 Å². The smallest absolute Gasteiger partial charge is 0.223 e. The summed E-state index contributed by atoms with van der Waals surface area (Å²) in [6.07, 6.45) is 6.79. The van der Waals surface area contributed by atoms with Crippen LogP contribution in [0.1, 0.15) is 42.5 Å². The predicted molar refractivity (Wildman–Crippen MR) is 80.1 cm³/mol. The minimum Gasteiger partial charge on any atom is -0.342 e. The molecule has 1 unspecified atom stereocenters. The third kappa shape index (κ3) is 3.50. The monoisotopic (exact) mass is 300 g/mol. The van der Waals surface area contributed by atoms with Gasteiger partial charge in [-0.1, -0.05) is 11.2 Å². The second-order valence-electron chi connectivity index (χ2n) is 5.71. The normalized spacial score (nSPS) is 18.4. The van der Waals surface area contributed by atoms with Gasteiger partial charge in [-0.05, 0) is 30.9 Å². The molecule has 0 spiro atoms. The number of nitrogens with zero attached hydrogens (tertiary/aromatic N) is 4. The molecular formula is C16H20N4O2. The second-order valence-corrected chi connectivity index (χ2v) is 5.71. The molecule has 116 valence electrons. The zero-order valence-corrected chi connectivity index (χ0v) is 12.7. The average molecular weight is 300 g/mol. The zero-order valence-electron chi connectivity index (χ0n) is 12.7. The van der Waals surface area contributed by atoms with Crippen molar-refractivity contribution in [2.45, 2.75) is 38.5 Å². The van der Waals surface area contributed by atoms with Crippen molar-refractivity contribution in [1.82, 2.24) is 20.0 Å². The van der Waals surface area contributed by atoms with E-state index in [1.807, 2.05) is 23.2 Å². The fourth-order valence-electron chi connectivity index (χ4n) is 2.85. The summed E-state index contributed by atoms with van der Waals surface area (Å²) in [5.74, 6) is 1.68. The number of rotatable bonds is 4. The SMILES string of the molecule is Cc1nc(C2CCCN(C(=O)CCc3cccnc3)C2)no1. The third-order valence-electron chi connectivity index (χ3n) is 4.03. The first-order valence-corrected chi connectivity index (χ1v) is 7.69. The van der Waals surface area contributed by atoms with E-state index in [-0.39, 0.29) is 11.8 Å². The Morgan fingerprint density at radius 3 is 3.14 bits per heavy atom. The van der Waals surface area contributed by atoms with Gasteiger partial charge in [-0.25, -0.2) is 0 Å². The number of hydrogen-bond donors (Lipinski definition) is 0. The van der Waals surface area contributed by atoms with Gasteiger partial charge in [0.05, 0.1) is 0 Å². The van der Waals surface area contributed by atoms with Gasteiger partial charge in [0.1, 0.15) is 0 Å². The predicted octanol–water partition coefficient (Wildman–Crippen LogP) is 2.11. The molecule has 22 heavy (non-hydrogen) atoms. The van der Waals surface area contributed by atoms with Crippen LogP contribution in [-0.4, -0.2) is 39.0 Å². The molecule has 0 N–H and O–H groups in total. The van der Waals surface area contributed by atoms with Crippen molar-refractivity contribution in [3.05, 3.63) is 41.8 Å². The topological polar surface area (TPSA) is 72.1 Å². The molecule has 6 nitrogen and oxygen atoms in total. The van der Waals surface area contributed by atoms with Crippen LogP contribution in [0.3, 0.4) is 0 Å². The van der Waals surface area contributed by atoms with E-state index in [1.54, 1.807) is 13.1 Å². The number of aromatic nitrogens is 3. The van der Waals surface area contributed by atoms with Gasteiger partial charge in [0.15, 0.2) is 5.82 Å². The van der Waals surface area contributed by atoms with Crippen LogP contribution in [0.25, 0.3) is 0 Å². The first-order chi connectivity index (χ1) is 10.7. The standard InChI is InChI=1S/C16H20N4O2/c1-12-18-16(19-22-12)14-5-3-9-20(11-14)15(21)7-6-13-4-2-8-17-10-13/h2,4,8,10,14H,3,5-7,9,11H2,1H3. The fourth-order valence-corrected chi connectivity index (χ4v) is 2.85. The number of carbonyl (C=O) groups is 1. The highest BCUT2D eigenvalue weighted by Gasteiger charge is 2.27. The first kappa shape index (κ1) is 14.7. The molecular weight excluding hydrogens is 280 g/mol. The molecule has 1 fully saturated rings. The van der Waals surface area contributed by atoms with Crippen LogP contribution in [0, 0.1) is 6.92 Å². The van der Waals surface area contributed by atoms with Gasteiger partial charge >= 0.3 is 0 Å².